The summed E-state index contributed by atoms with van der Waals surface area (Å²) in [5.74, 6) is 0.304. The molecule has 2 heterocycles. The van der Waals surface area contributed by atoms with E-state index in [1.54, 1.807) is 40.9 Å². The van der Waals surface area contributed by atoms with Gasteiger partial charge < -0.3 is 5.32 Å². The van der Waals surface area contributed by atoms with Gasteiger partial charge in [-0.3, -0.25) is 9.20 Å². The van der Waals surface area contributed by atoms with E-state index < -0.39 is 0 Å². The molecule has 1 aromatic carbocycles. The van der Waals surface area contributed by atoms with Crippen molar-refractivity contribution in [2.45, 2.75) is 13.3 Å². The van der Waals surface area contributed by atoms with E-state index in [1.165, 1.54) is 6.07 Å². The van der Waals surface area contributed by atoms with Crippen LogP contribution in [0.5, 0.6) is 0 Å². The maximum Gasteiger partial charge on any atom is 0.251 e. The van der Waals surface area contributed by atoms with Crippen LogP contribution in [0.2, 0.25) is 0 Å². The number of carbonyl (C=O) groups excluding carboxylic acids is 1. The predicted octanol–water partition coefficient (Wildman–Crippen LogP) is 2.15. The first-order valence-electron chi connectivity index (χ1n) is 6.98. The number of aromatic nitrogens is 3. The van der Waals surface area contributed by atoms with Crippen LogP contribution in [0.25, 0.3) is 5.65 Å². The number of halogens is 1. The van der Waals surface area contributed by atoms with Crippen molar-refractivity contribution < 1.29 is 9.18 Å². The fourth-order valence-corrected chi connectivity index (χ4v) is 2.27. The first-order chi connectivity index (χ1) is 10.6. The number of rotatable bonds is 4. The van der Waals surface area contributed by atoms with Crippen LogP contribution in [0.15, 0.2) is 42.6 Å². The molecular formula is C16H15FN4O. The normalized spacial score (nSPS) is 10.8. The highest BCUT2D eigenvalue weighted by atomic mass is 19.1. The lowest BCUT2D eigenvalue weighted by molar-refractivity contribution is 0.0954. The molecule has 0 aliphatic heterocycles. The van der Waals surface area contributed by atoms with Crippen molar-refractivity contribution >= 4 is 11.6 Å². The molecule has 0 aliphatic carbocycles. The molecule has 6 heteroatoms. The number of hydrogen-bond donors (Lipinski definition) is 1. The third-order valence-electron chi connectivity index (χ3n) is 3.48. The number of benzene rings is 1. The third-order valence-corrected chi connectivity index (χ3v) is 3.48. The fraction of sp³-hybridized carbons (Fsp3) is 0.188. The van der Waals surface area contributed by atoms with Crippen molar-refractivity contribution in [1.29, 1.82) is 0 Å². The topological polar surface area (TPSA) is 59.3 Å². The molecule has 2 aromatic heterocycles. The van der Waals surface area contributed by atoms with E-state index in [0.717, 1.165) is 5.82 Å². The molecule has 0 fully saturated rings. The number of fused-ring (bicyclic) bond motifs is 1. The lowest BCUT2D eigenvalue weighted by Gasteiger charge is -2.06. The first kappa shape index (κ1) is 14.2. The summed E-state index contributed by atoms with van der Waals surface area (Å²) in [6.07, 6.45) is 2.21. The van der Waals surface area contributed by atoms with Gasteiger partial charge in [0.05, 0.1) is 0 Å². The minimum absolute atomic E-state index is 0.209. The highest BCUT2D eigenvalue weighted by molar-refractivity contribution is 5.95. The summed E-state index contributed by atoms with van der Waals surface area (Å²) in [7, 11) is 0. The number of nitrogens with zero attached hydrogens (tertiary/aromatic N) is 3. The van der Waals surface area contributed by atoms with Gasteiger partial charge in [-0.25, -0.2) is 4.39 Å². The number of pyridine rings is 1. The smallest absolute Gasteiger partial charge is 0.251 e. The number of hydrogen-bond acceptors (Lipinski definition) is 3. The number of carbonyl (C=O) groups is 1. The largest absolute Gasteiger partial charge is 0.352 e. The highest BCUT2D eigenvalue weighted by Crippen LogP contribution is 2.08. The molecule has 3 rings (SSSR count). The van der Waals surface area contributed by atoms with Crippen LogP contribution in [0.3, 0.4) is 0 Å². The Morgan fingerprint density at radius 2 is 2.09 bits per heavy atom. The molecule has 0 saturated carbocycles. The summed E-state index contributed by atoms with van der Waals surface area (Å²) < 4.78 is 15.3. The Morgan fingerprint density at radius 1 is 1.27 bits per heavy atom. The Balaban J connectivity index is 1.65. The van der Waals surface area contributed by atoms with Gasteiger partial charge in [-0.2, -0.15) is 0 Å². The molecule has 112 valence electrons. The Labute approximate surface area is 126 Å². The monoisotopic (exact) mass is 298 g/mol. The van der Waals surface area contributed by atoms with E-state index in [2.05, 4.69) is 15.5 Å². The second-order valence-corrected chi connectivity index (χ2v) is 4.99. The molecule has 3 aromatic rings. The number of aryl methyl sites for hydroxylation is 1. The average molecular weight is 298 g/mol. The quantitative estimate of drug-likeness (QED) is 0.803. The second kappa shape index (κ2) is 5.93. The minimum atomic E-state index is -0.253. The summed E-state index contributed by atoms with van der Waals surface area (Å²) in [5, 5.41) is 10.7. The van der Waals surface area contributed by atoms with Crippen LogP contribution in [-0.2, 0) is 6.42 Å². The van der Waals surface area contributed by atoms with Gasteiger partial charge >= 0.3 is 0 Å². The zero-order chi connectivity index (χ0) is 15.5. The molecule has 0 bridgehead atoms. The summed E-state index contributed by atoms with van der Waals surface area (Å²) >= 11 is 0. The third kappa shape index (κ3) is 2.81. The minimum Gasteiger partial charge on any atom is -0.352 e. The summed E-state index contributed by atoms with van der Waals surface area (Å²) in [5.41, 5.74) is 1.72. The van der Waals surface area contributed by atoms with Crippen LogP contribution in [0.1, 0.15) is 21.7 Å². The van der Waals surface area contributed by atoms with Crippen molar-refractivity contribution in [3.63, 3.8) is 0 Å². The molecule has 0 saturated heterocycles. The summed E-state index contributed by atoms with van der Waals surface area (Å²) in [6, 6.07) is 9.94. The van der Waals surface area contributed by atoms with Gasteiger partial charge in [-0.05, 0) is 37.1 Å². The molecule has 1 N–H and O–H groups in total. The Kier molecular flexibility index (Phi) is 3.82. The fourth-order valence-electron chi connectivity index (χ4n) is 2.27. The maximum absolute atomic E-state index is 13.5. The molecule has 22 heavy (non-hydrogen) atoms. The van der Waals surface area contributed by atoms with Crippen molar-refractivity contribution in [3.05, 3.63) is 65.4 Å². The molecular weight excluding hydrogens is 283 g/mol. The molecule has 0 spiro atoms. The molecule has 1 amide bonds. The van der Waals surface area contributed by atoms with Crippen molar-refractivity contribution in [1.82, 2.24) is 19.9 Å². The van der Waals surface area contributed by atoms with Crippen LogP contribution in [0.4, 0.5) is 4.39 Å². The van der Waals surface area contributed by atoms with Gasteiger partial charge in [0.2, 0.25) is 0 Å². The Morgan fingerprint density at radius 3 is 2.91 bits per heavy atom. The highest BCUT2D eigenvalue weighted by Gasteiger charge is 2.09. The van der Waals surface area contributed by atoms with Crippen LogP contribution < -0.4 is 5.32 Å². The Hall–Kier alpha value is -2.76. The molecule has 5 nitrogen and oxygen atoms in total. The zero-order valence-electron chi connectivity index (χ0n) is 12.1. The zero-order valence-corrected chi connectivity index (χ0v) is 12.1. The summed E-state index contributed by atoms with van der Waals surface area (Å²) in [6.45, 7) is 2.21. The molecule has 0 radical (unpaired) electrons. The van der Waals surface area contributed by atoms with E-state index in [1.807, 2.05) is 6.92 Å². The maximum atomic E-state index is 13.5. The SMILES string of the molecule is Cc1nnc2cc(C(=O)NCCc3ccccc3F)ccn12. The van der Waals surface area contributed by atoms with Gasteiger partial charge in [-0.15, -0.1) is 10.2 Å². The average Bonchev–Trinajstić information content (AvgIpc) is 2.90. The van der Waals surface area contributed by atoms with E-state index in [0.29, 0.717) is 29.7 Å². The van der Waals surface area contributed by atoms with Gasteiger partial charge in [0, 0.05) is 18.3 Å². The number of nitrogens with one attached hydrogen (secondary N) is 1. The standard InChI is InChI=1S/C16H15FN4O/c1-11-19-20-15-10-13(7-9-21(11)15)16(22)18-8-6-12-4-2-3-5-14(12)17/h2-5,7,9-10H,6,8H2,1H3,(H,18,22). The predicted molar refractivity (Wildman–Crippen MR) is 80.2 cm³/mol. The van der Waals surface area contributed by atoms with Crippen LogP contribution in [-0.4, -0.2) is 27.0 Å². The van der Waals surface area contributed by atoms with E-state index in [9.17, 15) is 9.18 Å². The van der Waals surface area contributed by atoms with Crippen molar-refractivity contribution in [2.75, 3.05) is 6.54 Å². The van der Waals surface area contributed by atoms with Gasteiger partial charge in [0.15, 0.2) is 5.65 Å². The van der Waals surface area contributed by atoms with Crippen LogP contribution in [0, 0.1) is 12.7 Å². The van der Waals surface area contributed by atoms with Crippen LogP contribution >= 0.6 is 0 Å². The molecule has 0 unspecified atom stereocenters. The van der Waals surface area contributed by atoms with Gasteiger partial charge in [0.1, 0.15) is 11.6 Å². The van der Waals surface area contributed by atoms with E-state index in [-0.39, 0.29) is 11.7 Å². The van der Waals surface area contributed by atoms with Gasteiger partial charge in [-0.1, -0.05) is 18.2 Å². The van der Waals surface area contributed by atoms with Crippen molar-refractivity contribution in [3.8, 4) is 0 Å². The van der Waals surface area contributed by atoms with E-state index in [4.69, 9.17) is 0 Å². The lowest BCUT2D eigenvalue weighted by atomic mass is 10.1. The van der Waals surface area contributed by atoms with Gasteiger partial charge in [0.25, 0.3) is 5.91 Å². The summed E-state index contributed by atoms with van der Waals surface area (Å²) in [4.78, 5) is 12.1. The Bertz CT molecular complexity index is 828. The van der Waals surface area contributed by atoms with E-state index >= 15 is 0 Å². The second-order valence-electron chi connectivity index (χ2n) is 4.99. The lowest BCUT2D eigenvalue weighted by Crippen LogP contribution is -2.26. The molecule has 0 aliphatic rings. The molecule has 0 atom stereocenters. The first-order valence-corrected chi connectivity index (χ1v) is 6.98. The van der Waals surface area contributed by atoms with Crippen molar-refractivity contribution in [2.24, 2.45) is 0 Å². The number of amides is 1.